The van der Waals surface area contributed by atoms with Gasteiger partial charge in [0.05, 0.1) is 0 Å². The minimum atomic E-state index is 0.481. The molecule has 0 N–H and O–H groups in total. The van der Waals surface area contributed by atoms with Crippen LogP contribution in [0, 0.1) is 12.8 Å². The third-order valence-corrected chi connectivity index (χ3v) is 3.05. The van der Waals surface area contributed by atoms with Crippen LogP contribution >= 0.6 is 0 Å². The second-order valence-electron chi connectivity index (χ2n) is 4.56. The molecule has 1 aromatic rings. The van der Waals surface area contributed by atoms with E-state index in [4.69, 9.17) is 0 Å². The minimum absolute atomic E-state index is 0.481. The lowest BCUT2D eigenvalue weighted by Crippen LogP contribution is -1.84. The van der Waals surface area contributed by atoms with E-state index < -0.39 is 0 Å². The summed E-state index contributed by atoms with van der Waals surface area (Å²) in [5.41, 5.74) is 4.83. The fraction of sp³-hybridized carbons (Fsp3) is 0.333. The average Bonchev–Trinajstić information content (AvgIpc) is 2.69. The Labute approximate surface area is 131 Å². The van der Waals surface area contributed by atoms with Crippen molar-refractivity contribution in [2.45, 2.75) is 41.5 Å². The molecule has 1 aromatic carbocycles. The quantitative estimate of drug-likeness (QED) is 0.534. The molecule has 21 heavy (non-hydrogen) atoms. The monoisotopic (exact) mass is 282 g/mol. The molecular formula is C21H30. The van der Waals surface area contributed by atoms with Gasteiger partial charge < -0.3 is 0 Å². The SMILES string of the molecule is C=C1C=CC(C)C=C/C1=C/c1ccccc1C.CC.CC. The summed E-state index contributed by atoms with van der Waals surface area (Å²) in [6.07, 6.45) is 10.9. The van der Waals surface area contributed by atoms with Crippen LogP contribution in [0.15, 0.2) is 66.3 Å². The third-order valence-electron chi connectivity index (χ3n) is 3.05. The summed E-state index contributed by atoms with van der Waals surface area (Å²) in [6.45, 7) is 16.4. The summed E-state index contributed by atoms with van der Waals surface area (Å²) in [7, 11) is 0. The summed E-state index contributed by atoms with van der Waals surface area (Å²) < 4.78 is 0. The summed E-state index contributed by atoms with van der Waals surface area (Å²) >= 11 is 0. The molecule has 0 aromatic heterocycles. The fourth-order valence-electron chi connectivity index (χ4n) is 1.85. The highest BCUT2D eigenvalue weighted by molar-refractivity contribution is 5.66. The molecule has 0 saturated carbocycles. The molecule has 0 heterocycles. The van der Waals surface area contributed by atoms with Crippen LogP contribution in [0.1, 0.15) is 45.7 Å². The van der Waals surface area contributed by atoms with Crippen molar-refractivity contribution in [2.24, 2.45) is 5.92 Å². The van der Waals surface area contributed by atoms with Crippen molar-refractivity contribution in [1.29, 1.82) is 0 Å². The van der Waals surface area contributed by atoms with Crippen LogP contribution in [0.4, 0.5) is 0 Å². The van der Waals surface area contributed by atoms with E-state index in [0.29, 0.717) is 5.92 Å². The number of hydrogen-bond acceptors (Lipinski definition) is 0. The Morgan fingerprint density at radius 2 is 1.52 bits per heavy atom. The maximum absolute atomic E-state index is 4.11. The van der Waals surface area contributed by atoms with E-state index in [9.17, 15) is 0 Å². The zero-order valence-electron chi connectivity index (χ0n) is 14.5. The number of allylic oxidation sites excluding steroid dienone is 6. The number of benzene rings is 1. The second kappa shape index (κ2) is 10.9. The van der Waals surface area contributed by atoms with Gasteiger partial charge in [0.15, 0.2) is 0 Å². The maximum atomic E-state index is 4.11. The zero-order chi connectivity index (χ0) is 16.3. The Kier molecular flexibility index (Phi) is 9.96. The normalized spacial score (nSPS) is 18.3. The highest BCUT2D eigenvalue weighted by Crippen LogP contribution is 2.22. The van der Waals surface area contributed by atoms with Gasteiger partial charge in [0.2, 0.25) is 0 Å². The van der Waals surface area contributed by atoms with Crippen LogP contribution in [0.5, 0.6) is 0 Å². The van der Waals surface area contributed by atoms with E-state index in [1.807, 2.05) is 27.7 Å². The lowest BCUT2D eigenvalue weighted by Gasteiger charge is -2.03. The molecule has 0 fully saturated rings. The Morgan fingerprint density at radius 1 is 0.952 bits per heavy atom. The standard InChI is InChI=1S/C17H18.2C2H6/c1-13-8-10-15(3)17(11-9-13)12-16-7-5-4-6-14(16)2;2*1-2/h4-13H,3H2,1-2H3;2*1-2H3/b17-12-;;. The van der Waals surface area contributed by atoms with Gasteiger partial charge >= 0.3 is 0 Å². The predicted octanol–water partition coefficient (Wildman–Crippen LogP) is 6.75. The van der Waals surface area contributed by atoms with Crippen molar-refractivity contribution >= 4 is 6.08 Å². The summed E-state index contributed by atoms with van der Waals surface area (Å²) in [5, 5.41) is 0. The molecule has 0 spiro atoms. The smallest absolute Gasteiger partial charge is 0.00752 e. The molecule has 114 valence electrons. The first kappa shape index (κ1) is 19.2. The van der Waals surface area contributed by atoms with E-state index in [1.165, 1.54) is 16.7 Å². The number of aryl methyl sites for hydroxylation is 1. The van der Waals surface area contributed by atoms with Gasteiger partial charge in [-0.15, -0.1) is 0 Å². The molecule has 0 heteroatoms. The molecule has 0 radical (unpaired) electrons. The van der Waals surface area contributed by atoms with Crippen molar-refractivity contribution in [3.63, 3.8) is 0 Å². The molecule has 1 unspecified atom stereocenters. The Morgan fingerprint density at radius 3 is 2.14 bits per heavy atom. The molecule has 1 aliphatic carbocycles. The molecule has 0 aliphatic heterocycles. The van der Waals surface area contributed by atoms with Crippen LogP contribution in [0.3, 0.4) is 0 Å². The Bertz CT molecular complexity index is 513. The first-order valence-corrected chi connectivity index (χ1v) is 8.00. The molecule has 0 nitrogen and oxygen atoms in total. The minimum Gasteiger partial charge on any atom is -0.0912 e. The van der Waals surface area contributed by atoms with Gasteiger partial charge in [0.1, 0.15) is 0 Å². The van der Waals surface area contributed by atoms with Gasteiger partial charge in [-0.05, 0) is 41.2 Å². The maximum Gasteiger partial charge on any atom is -0.00752 e. The summed E-state index contributed by atoms with van der Waals surface area (Å²) in [4.78, 5) is 0. The molecule has 0 bridgehead atoms. The average molecular weight is 282 g/mol. The van der Waals surface area contributed by atoms with Gasteiger partial charge in [-0.3, -0.25) is 0 Å². The van der Waals surface area contributed by atoms with Crippen molar-refractivity contribution in [3.8, 4) is 0 Å². The van der Waals surface area contributed by atoms with Gasteiger partial charge in [-0.25, -0.2) is 0 Å². The van der Waals surface area contributed by atoms with Crippen molar-refractivity contribution in [3.05, 3.63) is 77.4 Å². The predicted molar refractivity (Wildman–Crippen MR) is 98.4 cm³/mol. The highest BCUT2D eigenvalue weighted by Gasteiger charge is 2.03. The van der Waals surface area contributed by atoms with Crippen LogP contribution in [0.2, 0.25) is 0 Å². The first-order chi connectivity index (χ1) is 10.2. The number of hydrogen-bond donors (Lipinski definition) is 0. The second-order valence-corrected chi connectivity index (χ2v) is 4.56. The van der Waals surface area contributed by atoms with E-state index in [2.05, 4.69) is 75.1 Å². The van der Waals surface area contributed by atoms with Gasteiger partial charge in [-0.2, -0.15) is 0 Å². The molecule has 0 amide bonds. The summed E-state index contributed by atoms with van der Waals surface area (Å²) in [6, 6.07) is 8.41. The molecule has 1 aliphatic rings. The van der Waals surface area contributed by atoms with Crippen molar-refractivity contribution in [1.82, 2.24) is 0 Å². The van der Waals surface area contributed by atoms with Gasteiger partial charge in [-0.1, -0.05) is 89.8 Å². The van der Waals surface area contributed by atoms with Crippen LogP contribution in [0.25, 0.3) is 6.08 Å². The van der Waals surface area contributed by atoms with Crippen LogP contribution in [-0.2, 0) is 0 Å². The van der Waals surface area contributed by atoms with Gasteiger partial charge in [0, 0.05) is 0 Å². The van der Waals surface area contributed by atoms with E-state index in [0.717, 1.165) is 5.57 Å². The van der Waals surface area contributed by atoms with E-state index in [1.54, 1.807) is 0 Å². The molecular weight excluding hydrogens is 252 g/mol. The van der Waals surface area contributed by atoms with E-state index in [-0.39, 0.29) is 0 Å². The van der Waals surface area contributed by atoms with Crippen LogP contribution in [-0.4, -0.2) is 0 Å². The van der Waals surface area contributed by atoms with Gasteiger partial charge in [0.25, 0.3) is 0 Å². The number of rotatable bonds is 1. The van der Waals surface area contributed by atoms with Crippen LogP contribution < -0.4 is 0 Å². The first-order valence-electron chi connectivity index (χ1n) is 8.00. The Hall–Kier alpha value is -1.82. The highest BCUT2D eigenvalue weighted by atomic mass is 14.1. The lowest BCUT2D eigenvalue weighted by atomic mass is 10.0. The van der Waals surface area contributed by atoms with Crippen molar-refractivity contribution in [2.75, 3.05) is 0 Å². The topological polar surface area (TPSA) is 0 Å². The Balaban J connectivity index is 0.000000921. The molecule has 2 rings (SSSR count). The largest absolute Gasteiger partial charge is 0.0912 e. The molecule has 0 saturated heterocycles. The van der Waals surface area contributed by atoms with E-state index >= 15 is 0 Å². The molecule has 1 atom stereocenters. The third kappa shape index (κ3) is 6.44. The summed E-state index contributed by atoms with van der Waals surface area (Å²) in [5.74, 6) is 0.481. The lowest BCUT2D eigenvalue weighted by molar-refractivity contribution is 0.943. The fourth-order valence-corrected chi connectivity index (χ4v) is 1.85. The van der Waals surface area contributed by atoms with Crippen molar-refractivity contribution < 1.29 is 0 Å². The zero-order valence-corrected chi connectivity index (χ0v) is 14.5.